The Bertz CT molecular complexity index is 1360. The first-order chi connectivity index (χ1) is 27.1. The molecule has 2 heteroatoms. The van der Waals surface area contributed by atoms with Gasteiger partial charge < -0.3 is 0 Å². The highest BCUT2D eigenvalue weighted by atomic mass is 14.4. The second-order valence-corrected chi connectivity index (χ2v) is 19.2. The molecule has 0 bridgehead atoms. The molecule has 2 aromatic carbocycles. The van der Waals surface area contributed by atoms with Gasteiger partial charge in [-0.25, -0.2) is 0 Å². The number of aryl methyl sites for hydroxylation is 2. The number of hydrogen-bond acceptors (Lipinski definition) is 2. The van der Waals surface area contributed by atoms with Gasteiger partial charge in [0.15, 0.2) is 0 Å². The summed E-state index contributed by atoms with van der Waals surface area (Å²) in [5, 5.41) is 17.8. The number of rotatable bonds is 17. The van der Waals surface area contributed by atoms with E-state index in [2.05, 4.69) is 50.3 Å². The second-order valence-electron chi connectivity index (χ2n) is 19.2. The molecule has 0 unspecified atom stereocenters. The average molecular weight is 745 g/mol. The highest BCUT2D eigenvalue weighted by Crippen LogP contribution is 2.44. The van der Waals surface area contributed by atoms with Gasteiger partial charge in [0.05, 0.1) is 23.3 Å². The van der Waals surface area contributed by atoms with Crippen LogP contribution in [-0.4, -0.2) is 0 Å². The summed E-state index contributed by atoms with van der Waals surface area (Å²) in [4.78, 5) is 0. The fourth-order valence-corrected chi connectivity index (χ4v) is 11.6. The summed E-state index contributed by atoms with van der Waals surface area (Å²) in [5.74, 6) is 8.13. The first kappa shape index (κ1) is 43.5. The van der Waals surface area contributed by atoms with Crippen LogP contribution in [0.1, 0.15) is 209 Å². The van der Waals surface area contributed by atoms with E-state index in [0.29, 0.717) is 0 Å². The zero-order valence-corrected chi connectivity index (χ0v) is 35.6. The van der Waals surface area contributed by atoms with E-state index in [9.17, 15) is 0 Å². The van der Waals surface area contributed by atoms with Crippen LogP contribution in [0.4, 0.5) is 0 Å². The molecule has 0 radical (unpaired) electrons. The van der Waals surface area contributed by atoms with Crippen LogP contribution in [-0.2, 0) is 12.8 Å². The largest absolute Gasteiger partial charge is 0.192 e. The van der Waals surface area contributed by atoms with E-state index >= 15 is 0 Å². The van der Waals surface area contributed by atoms with Crippen LogP contribution in [0.2, 0.25) is 0 Å². The molecule has 0 atom stereocenters. The molecule has 4 aliphatic rings. The number of nitriles is 2. The van der Waals surface area contributed by atoms with E-state index in [1.165, 1.54) is 197 Å². The highest BCUT2D eigenvalue weighted by Gasteiger charge is 2.32. The maximum absolute atomic E-state index is 8.92. The Kier molecular flexibility index (Phi) is 19.7. The van der Waals surface area contributed by atoms with Crippen molar-refractivity contribution in [3.05, 3.63) is 70.8 Å². The predicted octanol–water partition coefficient (Wildman–Crippen LogP) is 15.8. The molecule has 0 spiro atoms. The SMILES string of the molecule is CCCCCC[C@H]1CC[C@H](C2CCC(CCc3ccc(C#N)cc3)CC2)CC1.CCCCC[C@H]1CC[C@H](C2CCC(CCc3ccc(C#N)cc3)CC2)CC1. The third-order valence-electron chi connectivity index (χ3n) is 15.4. The van der Waals surface area contributed by atoms with E-state index in [4.69, 9.17) is 10.5 Å². The smallest absolute Gasteiger partial charge is 0.0991 e. The Balaban J connectivity index is 0.000000211. The van der Waals surface area contributed by atoms with Crippen molar-refractivity contribution in [2.45, 2.75) is 200 Å². The van der Waals surface area contributed by atoms with Crippen LogP contribution in [0, 0.1) is 70.0 Å². The number of nitrogens with zero attached hydrogens (tertiary/aromatic N) is 2. The van der Waals surface area contributed by atoms with Crippen molar-refractivity contribution < 1.29 is 0 Å². The van der Waals surface area contributed by atoms with Crippen LogP contribution in [0.15, 0.2) is 48.5 Å². The van der Waals surface area contributed by atoms with Gasteiger partial charge in [-0.05, 0) is 160 Å². The zero-order valence-electron chi connectivity index (χ0n) is 35.6. The minimum atomic E-state index is 0.777. The number of hydrogen-bond donors (Lipinski definition) is 0. The quantitative estimate of drug-likeness (QED) is 0.151. The summed E-state index contributed by atoms with van der Waals surface area (Å²) in [6.07, 6.45) is 42.0. The Morgan fingerprint density at radius 1 is 0.382 bits per heavy atom. The summed E-state index contributed by atoms with van der Waals surface area (Å²) >= 11 is 0. The van der Waals surface area contributed by atoms with Gasteiger partial charge in [-0.1, -0.05) is 147 Å². The van der Waals surface area contributed by atoms with Gasteiger partial charge in [-0.2, -0.15) is 10.5 Å². The van der Waals surface area contributed by atoms with E-state index in [1.54, 1.807) is 0 Å². The molecule has 0 aromatic heterocycles. The van der Waals surface area contributed by atoms with Crippen molar-refractivity contribution >= 4 is 0 Å². The molecular formula is C53H80N2. The molecule has 4 fully saturated rings. The maximum Gasteiger partial charge on any atom is 0.0991 e. The van der Waals surface area contributed by atoms with Gasteiger partial charge in [0.2, 0.25) is 0 Å². The first-order valence-electron chi connectivity index (χ1n) is 24.0. The van der Waals surface area contributed by atoms with Gasteiger partial charge in [0.1, 0.15) is 0 Å². The highest BCUT2D eigenvalue weighted by molar-refractivity contribution is 5.32. The monoisotopic (exact) mass is 745 g/mol. The Hall–Kier alpha value is -2.58. The fraction of sp³-hybridized carbons (Fsp3) is 0.736. The van der Waals surface area contributed by atoms with Crippen molar-refractivity contribution in [3.8, 4) is 12.1 Å². The normalized spacial score (nSPS) is 28.3. The van der Waals surface area contributed by atoms with E-state index in [0.717, 1.165) is 58.5 Å². The molecule has 2 aromatic rings. The Labute approximate surface area is 339 Å². The molecule has 0 N–H and O–H groups in total. The molecule has 55 heavy (non-hydrogen) atoms. The van der Waals surface area contributed by atoms with Crippen molar-refractivity contribution in [3.63, 3.8) is 0 Å². The number of unbranched alkanes of at least 4 members (excludes halogenated alkanes) is 5. The fourth-order valence-electron chi connectivity index (χ4n) is 11.6. The molecular weight excluding hydrogens is 665 g/mol. The van der Waals surface area contributed by atoms with E-state index in [-0.39, 0.29) is 0 Å². The summed E-state index contributed by atoms with van der Waals surface area (Å²) in [6.45, 7) is 4.63. The van der Waals surface area contributed by atoms with Gasteiger partial charge in [0, 0.05) is 0 Å². The lowest BCUT2D eigenvalue weighted by Gasteiger charge is -2.38. The third-order valence-corrected chi connectivity index (χ3v) is 15.4. The second kappa shape index (κ2) is 24.9. The van der Waals surface area contributed by atoms with Crippen LogP contribution >= 0.6 is 0 Å². The molecule has 302 valence electrons. The molecule has 0 aliphatic heterocycles. The first-order valence-corrected chi connectivity index (χ1v) is 24.0. The molecule has 4 saturated carbocycles. The summed E-state index contributed by atoms with van der Waals surface area (Å²) in [6, 6.07) is 20.9. The van der Waals surface area contributed by atoms with Crippen molar-refractivity contribution in [2.75, 3.05) is 0 Å². The molecule has 0 saturated heterocycles. The van der Waals surface area contributed by atoms with E-state index in [1.807, 2.05) is 24.3 Å². The van der Waals surface area contributed by atoms with E-state index < -0.39 is 0 Å². The van der Waals surface area contributed by atoms with Crippen LogP contribution < -0.4 is 0 Å². The molecule has 2 nitrogen and oxygen atoms in total. The van der Waals surface area contributed by atoms with Crippen molar-refractivity contribution in [2.24, 2.45) is 47.3 Å². The van der Waals surface area contributed by atoms with Crippen molar-refractivity contribution in [1.29, 1.82) is 10.5 Å². The van der Waals surface area contributed by atoms with Crippen molar-refractivity contribution in [1.82, 2.24) is 0 Å². The zero-order chi connectivity index (χ0) is 38.5. The molecule has 0 heterocycles. The van der Waals surface area contributed by atoms with Crippen LogP contribution in [0.3, 0.4) is 0 Å². The predicted molar refractivity (Wildman–Crippen MR) is 234 cm³/mol. The maximum atomic E-state index is 8.92. The molecule has 4 aliphatic carbocycles. The lowest BCUT2D eigenvalue weighted by molar-refractivity contribution is 0.140. The van der Waals surface area contributed by atoms with Gasteiger partial charge in [0.25, 0.3) is 0 Å². The Morgan fingerprint density at radius 3 is 0.982 bits per heavy atom. The minimum Gasteiger partial charge on any atom is -0.192 e. The third kappa shape index (κ3) is 15.4. The molecule has 0 amide bonds. The average Bonchev–Trinajstić information content (AvgIpc) is 3.25. The lowest BCUT2D eigenvalue weighted by atomic mass is 9.68. The Morgan fingerprint density at radius 2 is 0.673 bits per heavy atom. The lowest BCUT2D eigenvalue weighted by Crippen LogP contribution is -2.26. The summed E-state index contributed by atoms with van der Waals surface area (Å²) in [5.41, 5.74) is 4.36. The van der Waals surface area contributed by atoms with Gasteiger partial charge >= 0.3 is 0 Å². The minimum absolute atomic E-state index is 0.777. The van der Waals surface area contributed by atoms with Gasteiger partial charge in [-0.15, -0.1) is 0 Å². The van der Waals surface area contributed by atoms with Crippen LogP contribution in [0.25, 0.3) is 0 Å². The van der Waals surface area contributed by atoms with Gasteiger partial charge in [-0.3, -0.25) is 0 Å². The standard InChI is InChI=1S/C27H41N.C26H39N/c1-2-3-4-5-6-22-13-17-26(18-14-22)27-19-15-24(16-20-27)8-7-23-9-11-25(21-28)12-10-23;1-2-3-4-5-21-12-16-25(17-13-21)26-18-14-23(15-19-26)7-6-22-8-10-24(20-27)11-9-22/h9-12,22,24,26-27H,2-8,13-20H2,1H3;8-11,21,23,25-26H,2-7,12-19H2,1H3/t22-,24?,26-,27?;21-,23?,25-,26?. The summed E-state index contributed by atoms with van der Waals surface area (Å²) in [7, 11) is 0. The summed E-state index contributed by atoms with van der Waals surface area (Å²) < 4.78 is 0. The molecule has 6 rings (SSSR count). The topological polar surface area (TPSA) is 47.6 Å². The van der Waals surface area contributed by atoms with Crippen LogP contribution in [0.5, 0.6) is 0 Å². The number of benzene rings is 2.